The van der Waals surface area contributed by atoms with E-state index < -0.39 is 15.6 Å². The zero-order valence-corrected chi connectivity index (χ0v) is 12.5. The number of hydrogen-bond donors (Lipinski definition) is 2. The molecule has 19 heavy (non-hydrogen) atoms. The molecular formula is C13H22N2O3S. The van der Waals surface area contributed by atoms with Crippen molar-refractivity contribution < 1.29 is 13.2 Å². The summed E-state index contributed by atoms with van der Waals surface area (Å²) in [5, 5.41) is 0. The van der Waals surface area contributed by atoms with Crippen molar-refractivity contribution in [1.82, 2.24) is 4.72 Å². The number of sulfonamides is 1. The van der Waals surface area contributed by atoms with Gasteiger partial charge in [-0.3, -0.25) is 0 Å². The van der Waals surface area contributed by atoms with Gasteiger partial charge in [-0.2, -0.15) is 0 Å². The fourth-order valence-corrected chi connectivity index (χ4v) is 2.70. The lowest BCUT2D eigenvalue weighted by Gasteiger charge is -2.23. The number of hydrogen-bond acceptors (Lipinski definition) is 4. The van der Waals surface area contributed by atoms with E-state index in [9.17, 15) is 8.42 Å². The standard InChI is InChI=1S/C13H22N2O3S/c1-13(2,18-3)10-15-19(16,17)9-12-6-4-11(8-14)5-7-12/h4-7,15H,8-10,14H2,1-3H3. The molecule has 0 bridgehead atoms. The normalized spacial score (nSPS) is 12.6. The predicted molar refractivity (Wildman–Crippen MR) is 76.0 cm³/mol. The molecule has 0 aromatic heterocycles. The third-order valence-corrected chi connectivity index (χ3v) is 4.18. The Hall–Kier alpha value is -0.950. The minimum absolute atomic E-state index is 0.0440. The molecule has 6 heteroatoms. The van der Waals surface area contributed by atoms with E-state index in [4.69, 9.17) is 10.5 Å². The second kappa shape index (κ2) is 6.47. The molecule has 0 saturated carbocycles. The highest BCUT2D eigenvalue weighted by Crippen LogP contribution is 2.10. The first-order chi connectivity index (χ1) is 8.78. The molecule has 0 aliphatic heterocycles. The van der Waals surface area contributed by atoms with E-state index in [0.29, 0.717) is 6.54 Å². The van der Waals surface area contributed by atoms with Crippen LogP contribution in [0.1, 0.15) is 25.0 Å². The summed E-state index contributed by atoms with van der Waals surface area (Å²) in [6.45, 7) is 4.34. The Morgan fingerprint density at radius 2 is 1.74 bits per heavy atom. The van der Waals surface area contributed by atoms with Crippen molar-refractivity contribution in [1.29, 1.82) is 0 Å². The van der Waals surface area contributed by atoms with Gasteiger partial charge in [-0.05, 0) is 25.0 Å². The van der Waals surface area contributed by atoms with E-state index in [1.54, 1.807) is 19.2 Å². The first kappa shape index (κ1) is 16.1. The maximum absolute atomic E-state index is 11.9. The molecule has 0 atom stereocenters. The molecule has 0 aliphatic rings. The van der Waals surface area contributed by atoms with Crippen LogP contribution in [0.5, 0.6) is 0 Å². The molecule has 0 radical (unpaired) electrons. The molecule has 0 heterocycles. The molecule has 1 aromatic rings. The molecule has 0 unspecified atom stereocenters. The van der Waals surface area contributed by atoms with Crippen molar-refractivity contribution in [2.75, 3.05) is 13.7 Å². The first-order valence-electron chi connectivity index (χ1n) is 6.08. The molecule has 1 rings (SSSR count). The van der Waals surface area contributed by atoms with Gasteiger partial charge in [-0.25, -0.2) is 13.1 Å². The summed E-state index contributed by atoms with van der Waals surface area (Å²) in [4.78, 5) is 0. The summed E-state index contributed by atoms with van der Waals surface area (Å²) in [6.07, 6.45) is 0. The average Bonchev–Trinajstić information content (AvgIpc) is 2.37. The van der Waals surface area contributed by atoms with Gasteiger partial charge in [0.05, 0.1) is 11.4 Å². The van der Waals surface area contributed by atoms with E-state index in [1.807, 2.05) is 26.0 Å². The molecule has 3 N–H and O–H groups in total. The Morgan fingerprint density at radius 1 is 1.21 bits per heavy atom. The fraction of sp³-hybridized carbons (Fsp3) is 0.538. The summed E-state index contributed by atoms with van der Waals surface area (Å²) in [7, 11) is -1.80. The molecule has 1 aromatic carbocycles. The summed E-state index contributed by atoms with van der Waals surface area (Å²) in [5.74, 6) is -0.0440. The molecule has 0 amide bonds. The lowest BCUT2D eigenvalue weighted by atomic mass is 10.1. The van der Waals surface area contributed by atoms with Crippen molar-refractivity contribution in [3.05, 3.63) is 35.4 Å². The Labute approximate surface area is 115 Å². The molecular weight excluding hydrogens is 264 g/mol. The summed E-state index contributed by atoms with van der Waals surface area (Å²) >= 11 is 0. The molecule has 0 aliphatic carbocycles. The predicted octanol–water partition coefficient (Wildman–Crippen LogP) is 0.990. The van der Waals surface area contributed by atoms with Crippen LogP contribution in [0.2, 0.25) is 0 Å². The van der Waals surface area contributed by atoms with E-state index in [-0.39, 0.29) is 12.3 Å². The van der Waals surface area contributed by atoms with Crippen LogP contribution in [0.4, 0.5) is 0 Å². The number of nitrogens with one attached hydrogen (secondary N) is 1. The van der Waals surface area contributed by atoms with Crippen LogP contribution >= 0.6 is 0 Å². The van der Waals surface area contributed by atoms with Gasteiger partial charge >= 0.3 is 0 Å². The van der Waals surface area contributed by atoms with Crippen LogP contribution in [0.25, 0.3) is 0 Å². The largest absolute Gasteiger partial charge is 0.377 e. The maximum atomic E-state index is 11.9. The van der Waals surface area contributed by atoms with E-state index >= 15 is 0 Å². The topological polar surface area (TPSA) is 81.4 Å². The van der Waals surface area contributed by atoms with Crippen LogP contribution in [-0.4, -0.2) is 27.7 Å². The highest BCUT2D eigenvalue weighted by molar-refractivity contribution is 7.88. The monoisotopic (exact) mass is 286 g/mol. The van der Waals surface area contributed by atoms with Gasteiger partial charge in [0.15, 0.2) is 0 Å². The Kier molecular flexibility index (Phi) is 5.49. The zero-order chi connectivity index (χ0) is 14.5. The first-order valence-corrected chi connectivity index (χ1v) is 7.73. The molecule has 0 saturated heterocycles. The van der Waals surface area contributed by atoms with E-state index in [0.717, 1.165) is 11.1 Å². The van der Waals surface area contributed by atoms with Crippen molar-refractivity contribution in [2.24, 2.45) is 5.73 Å². The molecule has 5 nitrogen and oxygen atoms in total. The lowest BCUT2D eigenvalue weighted by molar-refractivity contribution is 0.0276. The van der Waals surface area contributed by atoms with Gasteiger partial charge in [0, 0.05) is 20.2 Å². The van der Waals surface area contributed by atoms with Crippen molar-refractivity contribution in [3.8, 4) is 0 Å². The Balaban J connectivity index is 2.63. The van der Waals surface area contributed by atoms with Gasteiger partial charge in [0.2, 0.25) is 10.0 Å². The summed E-state index contributed by atoms with van der Waals surface area (Å²) < 4.78 is 31.6. The Morgan fingerprint density at radius 3 is 2.21 bits per heavy atom. The third-order valence-electron chi connectivity index (χ3n) is 2.89. The van der Waals surface area contributed by atoms with Gasteiger partial charge < -0.3 is 10.5 Å². The maximum Gasteiger partial charge on any atom is 0.215 e. The lowest BCUT2D eigenvalue weighted by Crippen LogP contribution is -2.40. The third kappa shape index (κ3) is 5.69. The van der Waals surface area contributed by atoms with Crippen molar-refractivity contribution >= 4 is 10.0 Å². The zero-order valence-electron chi connectivity index (χ0n) is 11.6. The van der Waals surface area contributed by atoms with E-state index in [1.165, 1.54) is 0 Å². The van der Waals surface area contributed by atoms with Crippen LogP contribution in [0.3, 0.4) is 0 Å². The van der Waals surface area contributed by atoms with Gasteiger partial charge in [-0.1, -0.05) is 24.3 Å². The SMILES string of the molecule is COC(C)(C)CNS(=O)(=O)Cc1ccc(CN)cc1. The highest BCUT2D eigenvalue weighted by atomic mass is 32.2. The van der Waals surface area contributed by atoms with Gasteiger partial charge in [0.1, 0.15) is 0 Å². The van der Waals surface area contributed by atoms with Crippen LogP contribution in [0.15, 0.2) is 24.3 Å². The minimum atomic E-state index is -3.36. The van der Waals surface area contributed by atoms with Crippen LogP contribution in [0, 0.1) is 0 Å². The second-order valence-electron chi connectivity index (χ2n) is 5.06. The molecule has 0 spiro atoms. The number of ether oxygens (including phenoxy) is 1. The van der Waals surface area contributed by atoms with Crippen LogP contribution in [-0.2, 0) is 27.1 Å². The number of methoxy groups -OCH3 is 1. The van der Waals surface area contributed by atoms with Gasteiger partial charge in [-0.15, -0.1) is 0 Å². The van der Waals surface area contributed by atoms with E-state index in [2.05, 4.69) is 4.72 Å². The molecule has 108 valence electrons. The number of benzene rings is 1. The summed E-state index contributed by atoms with van der Waals surface area (Å²) in [6, 6.07) is 7.24. The fourth-order valence-electron chi connectivity index (χ4n) is 1.40. The number of nitrogens with two attached hydrogens (primary N) is 1. The second-order valence-corrected chi connectivity index (χ2v) is 6.87. The summed E-state index contributed by atoms with van der Waals surface area (Å²) in [5.41, 5.74) is 6.69. The Bertz CT molecular complexity index is 495. The van der Waals surface area contributed by atoms with Crippen molar-refractivity contribution in [3.63, 3.8) is 0 Å². The number of rotatable bonds is 7. The quantitative estimate of drug-likeness (QED) is 0.783. The van der Waals surface area contributed by atoms with Crippen molar-refractivity contribution in [2.45, 2.75) is 31.7 Å². The minimum Gasteiger partial charge on any atom is -0.377 e. The molecule has 0 fully saturated rings. The van der Waals surface area contributed by atoms with Crippen LogP contribution < -0.4 is 10.5 Å². The average molecular weight is 286 g/mol. The van der Waals surface area contributed by atoms with Gasteiger partial charge in [0.25, 0.3) is 0 Å². The highest BCUT2D eigenvalue weighted by Gasteiger charge is 2.20. The smallest absolute Gasteiger partial charge is 0.215 e.